The number of nitrogens with zero attached hydrogens (tertiary/aromatic N) is 6. The molecule has 0 spiro atoms. The molecule has 406 valence electrons. The van der Waals surface area contributed by atoms with Gasteiger partial charge in [-0.25, -0.2) is 0 Å². The normalized spacial score (nSPS) is 20.9. The first kappa shape index (κ1) is 56.1. The lowest BCUT2D eigenvalue weighted by atomic mass is 9.92. The molecule has 2 saturated heterocycles. The Morgan fingerprint density at radius 3 is 1.36 bits per heavy atom. The van der Waals surface area contributed by atoms with Crippen molar-refractivity contribution in [3.63, 3.8) is 0 Å². The van der Waals surface area contributed by atoms with Crippen LogP contribution in [0.1, 0.15) is 80.5 Å². The lowest BCUT2D eigenvalue weighted by molar-refractivity contribution is -0.388. The van der Waals surface area contributed by atoms with Crippen molar-refractivity contribution >= 4 is 45.9 Å². The van der Waals surface area contributed by atoms with Gasteiger partial charge in [-0.15, -0.1) is 0 Å². The highest BCUT2D eigenvalue weighted by molar-refractivity contribution is 5.81. The number of aryl methyl sites for hydroxylation is 2. The summed E-state index contributed by atoms with van der Waals surface area (Å²) in [5.41, 5.74) is 0.661. The average molecular weight is 1060 g/mol. The van der Waals surface area contributed by atoms with Crippen molar-refractivity contribution < 1.29 is 55.3 Å². The highest BCUT2D eigenvalue weighted by Crippen LogP contribution is 2.40. The van der Waals surface area contributed by atoms with Gasteiger partial charge in [-0.05, 0) is 121 Å². The van der Waals surface area contributed by atoms with Gasteiger partial charge in [0.1, 0.15) is 23.8 Å². The number of alkyl halides is 6. The third-order valence-corrected chi connectivity index (χ3v) is 14.3. The summed E-state index contributed by atoms with van der Waals surface area (Å²) in [6.45, 7) is 11.5. The van der Waals surface area contributed by atoms with Crippen molar-refractivity contribution in [1.82, 2.24) is 9.80 Å². The SMILES string of the molecule is Cc1ccc(N2CCN(C(=O)C(C)OC3CCC(Nc4ccc([N+](=O)[O-])c(C(F)(F)F)c4)CC3)CC2)cc1.Cc1ccc(N2CCN(C(=O)COC3CCC(Nc4ccc([N+](=O)[O-])c(C(F)(F)F)c4)CC3)CC2)cc1. The Balaban J connectivity index is 0.000000219. The van der Waals surface area contributed by atoms with Crippen LogP contribution in [0.25, 0.3) is 0 Å². The maximum atomic E-state index is 13.3. The molecule has 2 aliphatic heterocycles. The van der Waals surface area contributed by atoms with E-state index in [4.69, 9.17) is 9.47 Å². The van der Waals surface area contributed by atoms with Crippen LogP contribution in [0.4, 0.5) is 60.5 Å². The van der Waals surface area contributed by atoms with Crippen LogP contribution >= 0.6 is 0 Å². The number of anilines is 4. The van der Waals surface area contributed by atoms with E-state index in [1.165, 1.54) is 23.3 Å². The maximum Gasteiger partial charge on any atom is 0.423 e. The molecule has 4 aromatic carbocycles. The van der Waals surface area contributed by atoms with Gasteiger partial charge >= 0.3 is 12.4 Å². The first-order valence-electron chi connectivity index (χ1n) is 25.3. The Morgan fingerprint density at radius 1 is 0.587 bits per heavy atom. The van der Waals surface area contributed by atoms with Gasteiger partial charge in [-0.3, -0.25) is 29.8 Å². The first-order valence-corrected chi connectivity index (χ1v) is 25.3. The molecule has 0 bridgehead atoms. The number of nitro groups is 2. The quantitative estimate of drug-likeness (QED) is 0.0696. The van der Waals surface area contributed by atoms with E-state index < -0.39 is 50.8 Å². The van der Waals surface area contributed by atoms with E-state index in [0.717, 1.165) is 61.8 Å². The Morgan fingerprint density at radius 2 is 0.973 bits per heavy atom. The molecule has 2 aliphatic carbocycles. The number of halogens is 6. The molecule has 0 radical (unpaired) electrons. The molecule has 0 aromatic heterocycles. The van der Waals surface area contributed by atoms with Crippen molar-refractivity contribution in [2.24, 2.45) is 0 Å². The van der Waals surface area contributed by atoms with Gasteiger partial charge in [0.05, 0.1) is 22.1 Å². The van der Waals surface area contributed by atoms with Gasteiger partial charge in [0.25, 0.3) is 17.3 Å². The summed E-state index contributed by atoms with van der Waals surface area (Å²) in [5, 5.41) is 28.0. The van der Waals surface area contributed by atoms with Crippen LogP contribution in [0.5, 0.6) is 0 Å². The second-order valence-corrected chi connectivity index (χ2v) is 19.7. The number of hydrogen-bond donors (Lipinski definition) is 2. The van der Waals surface area contributed by atoms with Crippen LogP contribution in [-0.4, -0.2) is 121 Å². The molecule has 8 rings (SSSR count). The van der Waals surface area contributed by atoms with Gasteiger partial charge in [0.15, 0.2) is 0 Å². The van der Waals surface area contributed by atoms with E-state index in [2.05, 4.69) is 82.8 Å². The van der Waals surface area contributed by atoms with E-state index in [-0.39, 0.29) is 54.1 Å². The van der Waals surface area contributed by atoms with E-state index in [9.17, 15) is 56.2 Å². The molecule has 1 unspecified atom stereocenters. The predicted molar refractivity (Wildman–Crippen MR) is 272 cm³/mol. The molecule has 2 saturated carbocycles. The Hall–Kier alpha value is -6.68. The first-order chi connectivity index (χ1) is 35.6. The van der Waals surface area contributed by atoms with Gasteiger partial charge in [-0.1, -0.05) is 35.4 Å². The molecule has 4 fully saturated rings. The minimum atomic E-state index is -4.82. The molecule has 2 amide bonds. The number of hydrogen-bond acceptors (Lipinski definition) is 12. The standard InChI is InChI=1S/C27H33F3N4O4.C26H31F3N4O4/c1-18-3-8-22(9-4-18)32-13-15-33(16-14-32)26(35)19(2)38-23-10-5-20(6-11-23)31-21-7-12-25(34(36)37)24(17-21)27(28,29)30;1-18-2-7-21(8-3-18)31-12-14-32(15-13-31)25(34)17-37-22-9-4-19(5-10-22)30-20-6-11-24(33(35)36)23(16-20)26(27,28)29/h3-4,7-9,12,17,19-20,23,31H,5-6,10-11,13-16H2,1-2H3;2-3,6-8,11,16,19,22,30H,4-5,9-10,12-15,17H2,1H3. The number of ether oxygens (including phenoxy) is 2. The van der Waals surface area contributed by atoms with Crippen LogP contribution < -0.4 is 20.4 Å². The minimum absolute atomic E-state index is 0.0184. The maximum absolute atomic E-state index is 13.3. The van der Waals surface area contributed by atoms with E-state index in [0.29, 0.717) is 77.5 Å². The van der Waals surface area contributed by atoms with Crippen LogP contribution in [-0.2, 0) is 31.4 Å². The number of carbonyl (C=O) groups is 2. The summed E-state index contributed by atoms with van der Waals surface area (Å²) in [7, 11) is 0. The summed E-state index contributed by atoms with van der Waals surface area (Å²) in [6.07, 6.45) is -5.10. The molecule has 16 nitrogen and oxygen atoms in total. The molecular weight excluding hydrogens is 991 g/mol. The van der Waals surface area contributed by atoms with E-state index >= 15 is 0 Å². The smallest absolute Gasteiger partial charge is 0.382 e. The van der Waals surface area contributed by atoms with Crippen molar-refractivity contribution in [2.45, 2.75) is 115 Å². The summed E-state index contributed by atoms with van der Waals surface area (Å²) in [4.78, 5) is 53.7. The number of nitrogens with one attached hydrogen (secondary N) is 2. The molecule has 4 aliphatic rings. The van der Waals surface area contributed by atoms with Gasteiger partial charge < -0.3 is 39.7 Å². The third kappa shape index (κ3) is 15.5. The number of benzene rings is 4. The average Bonchev–Trinajstić information content (AvgIpc) is 3.39. The summed E-state index contributed by atoms with van der Waals surface area (Å²) >= 11 is 0. The number of carbonyl (C=O) groups excluding carboxylic acids is 2. The Kier molecular flexibility index (Phi) is 18.5. The molecule has 22 heteroatoms. The summed E-state index contributed by atoms with van der Waals surface area (Å²) < 4.78 is 91.4. The molecule has 1 atom stereocenters. The zero-order chi connectivity index (χ0) is 54.0. The zero-order valence-corrected chi connectivity index (χ0v) is 42.2. The molecule has 75 heavy (non-hydrogen) atoms. The van der Waals surface area contributed by atoms with Crippen LogP contribution in [0.15, 0.2) is 84.9 Å². The lowest BCUT2D eigenvalue weighted by Gasteiger charge is -2.38. The summed E-state index contributed by atoms with van der Waals surface area (Å²) in [6, 6.07) is 22.5. The van der Waals surface area contributed by atoms with E-state index in [1.54, 1.807) is 6.92 Å². The molecular formula is C53H64F6N8O8. The highest BCUT2D eigenvalue weighted by atomic mass is 19.4. The van der Waals surface area contributed by atoms with Crippen LogP contribution in [0, 0.1) is 34.1 Å². The second kappa shape index (κ2) is 24.8. The summed E-state index contributed by atoms with van der Waals surface area (Å²) in [5.74, 6) is -0.0614. The third-order valence-electron chi connectivity index (χ3n) is 14.3. The number of rotatable bonds is 14. The monoisotopic (exact) mass is 1050 g/mol. The number of piperazine rings is 2. The van der Waals surface area contributed by atoms with Crippen molar-refractivity contribution in [1.29, 1.82) is 0 Å². The van der Waals surface area contributed by atoms with Crippen LogP contribution in [0.2, 0.25) is 0 Å². The zero-order valence-electron chi connectivity index (χ0n) is 42.2. The largest absolute Gasteiger partial charge is 0.423 e. The van der Waals surface area contributed by atoms with Crippen molar-refractivity contribution in [3.8, 4) is 0 Å². The Labute approximate surface area is 431 Å². The van der Waals surface area contributed by atoms with Crippen molar-refractivity contribution in [2.75, 3.05) is 79.4 Å². The second-order valence-electron chi connectivity index (χ2n) is 19.7. The fourth-order valence-electron chi connectivity index (χ4n) is 10.0. The Bertz CT molecular complexity index is 2570. The fraction of sp³-hybridized carbons (Fsp3) is 0.509. The number of nitro benzene ring substituents is 2. The van der Waals surface area contributed by atoms with Gasteiger partial charge in [0, 0.05) is 99.3 Å². The lowest BCUT2D eigenvalue weighted by Crippen LogP contribution is -2.52. The molecule has 2 heterocycles. The topological polar surface area (TPSA) is 176 Å². The van der Waals surface area contributed by atoms with Gasteiger partial charge in [0.2, 0.25) is 5.91 Å². The number of amides is 2. The fourth-order valence-corrected chi connectivity index (χ4v) is 10.0. The molecule has 4 aromatic rings. The van der Waals surface area contributed by atoms with E-state index in [1.807, 2.05) is 9.80 Å². The van der Waals surface area contributed by atoms with Crippen LogP contribution in [0.3, 0.4) is 0 Å². The van der Waals surface area contributed by atoms with Crippen molar-refractivity contribution in [3.05, 3.63) is 127 Å². The molecule has 2 N–H and O–H groups in total. The highest BCUT2D eigenvalue weighted by Gasteiger charge is 2.40. The predicted octanol–water partition coefficient (Wildman–Crippen LogP) is 10.4. The minimum Gasteiger partial charge on any atom is -0.382 e. The van der Waals surface area contributed by atoms with Gasteiger partial charge in [-0.2, -0.15) is 26.3 Å².